The highest BCUT2D eigenvalue weighted by Gasteiger charge is 2.50. The highest BCUT2D eigenvalue weighted by atomic mass is 16.7. The molecule has 7 atom stereocenters. The van der Waals surface area contributed by atoms with Gasteiger partial charge in [-0.1, -0.05) is 6.07 Å². The molecule has 0 saturated carbocycles. The van der Waals surface area contributed by atoms with Gasteiger partial charge in [0, 0.05) is 40.3 Å². The van der Waals surface area contributed by atoms with E-state index >= 15 is 0 Å². The molecule has 3 aliphatic heterocycles. The van der Waals surface area contributed by atoms with E-state index in [1.807, 2.05) is 6.92 Å². The smallest absolute Gasteiger partial charge is 0.198 e. The summed E-state index contributed by atoms with van der Waals surface area (Å²) in [6.45, 7) is 5.23. The lowest BCUT2D eigenvalue weighted by molar-refractivity contribution is -0.347. The number of aryl methyl sites for hydroxylation is 1. The van der Waals surface area contributed by atoms with Crippen LogP contribution in [0.2, 0.25) is 0 Å². The van der Waals surface area contributed by atoms with E-state index in [1.165, 1.54) is 24.3 Å². The van der Waals surface area contributed by atoms with Crippen LogP contribution in [0.25, 0.3) is 10.8 Å². The van der Waals surface area contributed by atoms with Crippen molar-refractivity contribution in [1.29, 1.82) is 0 Å². The van der Waals surface area contributed by atoms with Crippen molar-refractivity contribution >= 4 is 28.1 Å². The number of ketones is 3. The first kappa shape index (κ1) is 26.1. The van der Waals surface area contributed by atoms with Crippen LogP contribution in [-0.4, -0.2) is 69.5 Å². The number of rotatable bonds is 1. The van der Waals surface area contributed by atoms with Crippen molar-refractivity contribution in [1.82, 2.24) is 0 Å². The maximum Gasteiger partial charge on any atom is 0.198 e. The zero-order valence-corrected chi connectivity index (χ0v) is 22.5. The molecule has 1 aliphatic carbocycles. The molecule has 212 valence electrons. The summed E-state index contributed by atoms with van der Waals surface area (Å²) < 4.78 is 24.3. The van der Waals surface area contributed by atoms with Gasteiger partial charge >= 0.3 is 0 Å². The van der Waals surface area contributed by atoms with Gasteiger partial charge in [-0.15, -0.1) is 0 Å². The summed E-state index contributed by atoms with van der Waals surface area (Å²) in [4.78, 5) is 39.5. The lowest BCUT2D eigenvalue weighted by Crippen LogP contribution is -2.60. The van der Waals surface area contributed by atoms with Crippen molar-refractivity contribution in [3.63, 3.8) is 0 Å². The van der Waals surface area contributed by atoms with E-state index in [2.05, 4.69) is 0 Å². The molecule has 3 fully saturated rings. The van der Waals surface area contributed by atoms with Crippen molar-refractivity contribution in [3.05, 3.63) is 63.7 Å². The van der Waals surface area contributed by atoms with Crippen molar-refractivity contribution in [2.24, 2.45) is 0 Å². The van der Waals surface area contributed by atoms with Crippen LogP contribution in [0.5, 0.6) is 17.2 Å². The molecular formula is C31H28O10. The molecule has 0 unspecified atom stereocenters. The van der Waals surface area contributed by atoms with E-state index in [0.29, 0.717) is 11.1 Å². The second-order valence-corrected chi connectivity index (χ2v) is 11.3. The molecule has 0 bridgehead atoms. The van der Waals surface area contributed by atoms with Gasteiger partial charge in [-0.2, -0.15) is 0 Å². The van der Waals surface area contributed by atoms with Crippen molar-refractivity contribution in [3.8, 4) is 17.2 Å². The fourth-order valence-corrected chi connectivity index (χ4v) is 6.58. The highest BCUT2D eigenvalue weighted by Crippen LogP contribution is 2.47. The Balaban J connectivity index is 1.24. The second kappa shape index (κ2) is 9.09. The molecule has 10 heteroatoms. The number of carbonyl (C=O) groups excluding carboxylic acids is 3. The summed E-state index contributed by atoms with van der Waals surface area (Å²) in [6.07, 6.45) is -3.46. The summed E-state index contributed by atoms with van der Waals surface area (Å²) in [5.41, 5.74) is 0.472. The third-order valence-corrected chi connectivity index (χ3v) is 8.64. The van der Waals surface area contributed by atoms with Crippen molar-refractivity contribution in [2.75, 3.05) is 0 Å². The Hall–Kier alpha value is -3.83. The van der Waals surface area contributed by atoms with Gasteiger partial charge < -0.3 is 34.3 Å². The van der Waals surface area contributed by atoms with Crippen LogP contribution < -0.4 is 0 Å². The van der Waals surface area contributed by atoms with Crippen LogP contribution in [0, 0.1) is 6.92 Å². The Morgan fingerprint density at radius 2 is 1.51 bits per heavy atom. The average molecular weight is 561 g/mol. The van der Waals surface area contributed by atoms with Crippen molar-refractivity contribution in [2.45, 2.75) is 76.5 Å². The standard InChI is InChI=1S/C31H28O10/c1-11-6-17-16(20(33)7-11)8-18-25(28(17)36)27(35)15-5-4-14(26(34)24(15)29(18)37)21-10-22-30(13(3)38-21)41-31-23(40-22)9-19(32)12(2)39-31/h4-8,12-13,21-23,30-31,33-34,36H,9-10H2,1-3H3/t12-,13-,21-,22-,23+,30+,31-/m1/s1. The fraction of sp³-hybridized carbons (Fsp3) is 0.387. The molecule has 0 aromatic heterocycles. The molecule has 3 aromatic carbocycles. The predicted octanol–water partition coefficient (Wildman–Crippen LogP) is 3.75. The number of carbonyl (C=O) groups is 3. The molecule has 41 heavy (non-hydrogen) atoms. The summed E-state index contributed by atoms with van der Waals surface area (Å²) >= 11 is 0. The maximum absolute atomic E-state index is 13.8. The van der Waals surface area contributed by atoms with Crippen LogP contribution >= 0.6 is 0 Å². The monoisotopic (exact) mass is 560 g/mol. The topological polar surface area (TPSA) is 149 Å². The van der Waals surface area contributed by atoms with Gasteiger partial charge in [0.15, 0.2) is 23.6 Å². The number of hydrogen-bond donors (Lipinski definition) is 3. The average Bonchev–Trinajstić information content (AvgIpc) is 2.92. The lowest BCUT2D eigenvalue weighted by Gasteiger charge is -2.49. The van der Waals surface area contributed by atoms with E-state index < -0.39 is 66.0 Å². The maximum atomic E-state index is 13.8. The first-order valence-corrected chi connectivity index (χ1v) is 13.6. The molecule has 3 saturated heterocycles. The van der Waals surface area contributed by atoms with Gasteiger partial charge in [-0.25, -0.2) is 0 Å². The van der Waals surface area contributed by atoms with E-state index in [9.17, 15) is 29.7 Å². The molecule has 7 rings (SSSR count). The number of benzene rings is 3. The van der Waals surface area contributed by atoms with Crippen LogP contribution in [0.1, 0.15) is 75.8 Å². The number of fused-ring (bicyclic) bond motifs is 5. The molecule has 3 heterocycles. The van der Waals surface area contributed by atoms with Gasteiger partial charge in [0.05, 0.1) is 29.4 Å². The Kier molecular flexibility index (Phi) is 5.78. The zero-order valence-electron chi connectivity index (χ0n) is 22.5. The quantitative estimate of drug-likeness (QED) is 0.314. The first-order chi connectivity index (χ1) is 19.5. The molecule has 4 aliphatic rings. The number of aromatic hydroxyl groups is 3. The largest absolute Gasteiger partial charge is 0.507 e. The third kappa shape index (κ3) is 3.82. The molecule has 0 radical (unpaired) electrons. The van der Waals surface area contributed by atoms with Gasteiger partial charge in [-0.05, 0) is 50.6 Å². The number of phenols is 3. The molecule has 0 spiro atoms. The van der Waals surface area contributed by atoms with Crippen molar-refractivity contribution < 1.29 is 48.7 Å². The minimum absolute atomic E-state index is 0.0379. The van der Waals surface area contributed by atoms with E-state index in [-0.39, 0.29) is 57.4 Å². The summed E-state index contributed by atoms with van der Waals surface area (Å²) in [5.74, 6) is -2.26. The molecule has 3 N–H and O–H groups in total. The number of ether oxygens (including phenoxy) is 4. The number of hydrogen-bond acceptors (Lipinski definition) is 10. The van der Waals surface area contributed by atoms with E-state index in [4.69, 9.17) is 18.9 Å². The first-order valence-electron chi connectivity index (χ1n) is 13.6. The minimum atomic E-state index is -0.697. The number of Topliss-reactive ketones (excluding diaryl/α,β-unsaturated/α-hetero) is 1. The fourth-order valence-electron chi connectivity index (χ4n) is 6.58. The van der Waals surface area contributed by atoms with Gasteiger partial charge in [-0.3, -0.25) is 14.4 Å². The Bertz CT molecular complexity index is 1680. The Morgan fingerprint density at radius 1 is 0.780 bits per heavy atom. The van der Waals surface area contributed by atoms with Gasteiger partial charge in [0.25, 0.3) is 0 Å². The van der Waals surface area contributed by atoms with Crippen LogP contribution in [-0.2, 0) is 23.7 Å². The van der Waals surface area contributed by atoms with Crippen LogP contribution in [0.15, 0.2) is 30.3 Å². The summed E-state index contributed by atoms with van der Waals surface area (Å²) in [6, 6.07) is 7.49. The van der Waals surface area contributed by atoms with Gasteiger partial charge in [0.2, 0.25) is 0 Å². The van der Waals surface area contributed by atoms with E-state index in [1.54, 1.807) is 19.9 Å². The molecule has 3 aromatic rings. The van der Waals surface area contributed by atoms with Crippen LogP contribution in [0.3, 0.4) is 0 Å². The van der Waals surface area contributed by atoms with Crippen LogP contribution in [0.4, 0.5) is 0 Å². The summed E-state index contributed by atoms with van der Waals surface area (Å²) in [5, 5.41) is 33.4. The molecule has 10 nitrogen and oxygen atoms in total. The lowest BCUT2D eigenvalue weighted by atomic mass is 9.79. The number of phenolic OH excluding ortho intramolecular Hbond substituents is 3. The highest BCUT2D eigenvalue weighted by molar-refractivity contribution is 6.32. The summed E-state index contributed by atoms with van der Waals surface area (Å²) in [7, 11) is 0. The molecular weight excluding hydrogens is 532 g/mol. The van der Waals surface area contributed by atoms with E-state index in [0.717, 1.165) is 0 Å². The SMILES string of the molecule is Cc1cc(O)c2cc3c(c(O)c2c1)C(=O)c1ccc([C@H]2C[C@H]4O[C@H]5CC(=O)[C@@H](C)O[C@@H]5O[C@H]4[C@@H](C)O2)c(O)c1C3=O. The third-order valence-electron chi connectivity index (χ3n) is 8.64. The zero-order chi connectivity index (χ0) is 28.9. The van der Waals surface area contributed by atoms with Gasteiger partial charge in [0.1, 0.15) is 35.6 Å². The Morgan fingerprint density at radius 3 is 2.29 bits per heavy atom. The predicted molar refractivity (Wildman–Crippen MR) is 142 cm³/mol. The minimum Gasteiger partial charge on any atom is -0.507 e. The second-order valence-electron chi connectivity index (χ2n) is 11.3. The Labute approximate surface area is 234 Å². The normalized spacial score (nSPS) is 30.9. The molecule has 0 amide bonds.